The minimum Gasteiger partial charge on any atom is -0.334 e. The summed E-state index contributed by atoms with van der Waals surface area (Å²) >= 11 is 0. The fourth-order valence-corrected chi connectivity index (χ4v) is 5.82. The number of sulfonamides is 1. The van der Waals surface area contributed by atoms with Crippen molar-refractivity contribution in [2.24, 2.45) is 19.8 Å². The van der Waals surface area contributed by atoms with E-state index in [4.69, 9.17) is 5.73 Å². The molecule has 6 rings (SSSR count). The van der Waals surface area contributed by atoms with Gasteiger partial charge in [-0.2, -0.15) is 8.78 Å². The van der Waals surface area contributed by atoms with Gasteiger partial charge in [0.05, 0.1) is 77.8 Å². The molecule has 0 aromatic carbocycles. The summed E-state index contributed by atoms with van der Waals surface area (Å²) in [6.07, 6.45) is 12.0. The number of pyridine rings is 4. The summed E-state index contributed by atoms with van der Waals surface area (Å²) < 4.78 is 53.1. The first-order valence-corrected chi connectivity index (χ1v) is 17.3. The maximum atomic E-state index is 12.4. The van der Waals surface area contributed by atoms with Crippen LogP contribution in [0.1, 0.15) is 36.4 Å². The van der Waals surface area contributed by atoms with Crippen molar-refractivity contribution in [3.05, 3.63) is 84.2 Å². The van der Waals surface area contributed by atoms with Gasteiger partial charge in [0.2, 0.25) is 0 Å². The summed E-state index contributed by atoms with van der Waals surface area (Å²) in [4.78, 5) is 30.0. The summed E-state index contributed by atoms with van der Waals surface area (Å²) in [6.45, 7) is 4.22. The Morgan fingerprint density at radius 3 is 1.64 bits per heavy atom. The zero-order valence-corrected chi connectivity index (χ0v) is 29.5. The standard InChI is InChI=1S/C17H20F2N6O2S.C16H20N6/c1-4-11-5-12(7-23-28(26,27)17(18)19)20-9-15(11)25(3)16-6-14-13(8-21-16)22-10-24(14)2;1-4-11-5-12(7-17)18-9-15(11)22(3)16-6-14-13(8-19-16)20-10-21(14)2/h5-6,8-10,17,23H,4,7H2,1-3H3;5-6,8-10H,4,7,17H2,1-3H3. The second-order valence-corrected chi connectivity index (χ2v) is 13.3. The highest BCUT2D eigenvalue weighted by atomic mass is 32.2. The van der Waals surface area contributed by atoms with Crippen LogP contribution in [0.3, 0.4) is 0 Å². The largest absolute Gasteiger partial charge is 0.350 e. The third kappa shape index (κ3) is 7.69. The van der Waals surface area contributed by atoms with Gasteiger partial charge in [0.25, 0.3) is 10.0 Å². The third-order valence-electron chi connectivity index (χ3n) is 8.31. The van der Waals surface area contributed by atoms with Crippen molar-refractivity contribution >= 4 is 55.1 Å². The van der Waals surface area contributed by atoms with Crippen LogP contribution in [-0.4, -0.2) is 67.3 Å². The third-order valence-corrected chi connectivity index (χ3v) is 9.33. The molecular formula is C33H40F2N12O2S. The Morgan fingerprint density at radius 2 is 1.20 bits per heavy atom. The van der Waals surface area contributed by atoms with Gasteiger partial charge in [-0.25, -0.2) is 33.1 Å². The van der Waals surface area contributed by atoms with Crippen LogP contribution < -0.4 is 20.3 Å². The molecule has 3 N–H and O–H groups in total. The van der Waals surface area contributed by atoms with Crippen molar-refractivity contribution in [2.75, 3.05) is 23.9 Å². The van der Waals surface area contributed by atoms with Crippen LogP contribution >= 0.6 is 0 Å². The van der Waals surface area contributed by atoms with Gasteiger partial charge in [-0.3, -0.25) is 9.97 Å². The van der Waals surface area contributed by atoms with Crippen LogP contribution in [0.2, 0.25) is 0 Å². The van der Waals surface area contributed by atoms with E-state index in [1.54, 1.807) is 37.3 Å². The van der Waals surface area contributed by atoms with Crippen molar-refractivity contribution in [2.45, 2.75) is 45.5 Å². The first kappa shape index (κ1) is 36.2. The van der Waals surface area contributed by atoms with Crippen LogP contribution in [0.5, 0.6) is 0 Å². The van der Waals surface area contributed by atoms with Gasteiger partial charge in [0, 0.05) is 46.9 Å². The normalized spacial score (nSPS) is 11.6. The van der Waals surface area contributed by atoms with E-state index in [0.717, 1.165) is 56.9 Å². The molecule has 0 saturated carbocycles. The summed E-state index contributed by atoms with van der Waals surface area (Å²) in [6, 6.07) is 7.71. The maximum Gasteiger partial charge on any atom is 0.350 e. The number of rotatable bonds is 11. The molecule has 0 fully saturated rings. The number of aryl methyl sites for hydroxylation is 4. The molecule has 0 radical (unpaired) electrons. The van der Waals surface area contributed by atoms with Crippen LogP contribution in [0.25, 0.3) is 22.1 Å². The molecule has 264 valence electrons. The van der Waals surface area contributed by atoms with E-state index in [1.807, 2.05) is 72.2 Å². The van der Waals surface area contributed by atoms with Gasteiger partial charge in [0.15, 0.2) is 0 Å². The molecule has 0 saturated heterocycles. The first-order chi connectivity index (χ1) is 23.9. The number of anilines is 4. The van der Waals surface area contributed by atoms with Crippen LogP contribution in [0.4, 0.5) is 31.8 Å². The van der Waals surface area contributed by atoms with E-state index >= 15 is 0 Å². The van der Waals surface area contributed by atoms with E-state index in [9.17, 15) is 17.2 Å². The predicted molar refractivity (Wildman–Crippen MR) is 190 cm³/mol. The van der Waals surface area contributed by atoms with Crippen molar-refractivity contribution in [1.29, 1.82) is 0 Å². The summed E-state index contributed by atoms with van der Waals surface area (Å²) in [5.74, 6) is -1.91. The topological polar surface area (TPSA) is 166 Å². The number of imidazole rings is 2. The smallest absolute Gasteiger partial charge is 0.334 e. The Kier molecular flexibility index (Phi) is 11.0. The van der Waals surface area contributed by atoms with Gasteiger partial charge < -0.3 is 24.7 Å². The lowest BCUT2D eigenvalue weighted by Gasteiger charge is -2.21. The monoisotopic (exact) mass is 706 g/mol. The Hall–Kier alpha value is -5.13. The lowest BCUT2D eigenvalue weighted by molar-refractivity contribution is 0.232. The highest BCUT2D eigenvalue weighted by Crippen LogP contribution is 2.29. The zero-order valence-electron chi connectivity index (χ0n) is 28.7. The highest BCUT2D eigenvalue weighted by Gasteiger charge is 2.23. The van der Waals surface area contributed by atoms with Gasteiger partial charge in [0.1, 0.15) is 22.7 Å². The van der Waals surface area contributed by atoms with Crippen molar-refractivity contribution < 1.29 is 17.2 Å². The molecule has 6 heterocycles. The number of halogens is 2. The zero-order chi connectivity index (χ0) is 36.2. The minimum absolute atomic E-state index is 0.303. The molecule has 0 bridgehead atoms. The first-order valence-electron chi connectivity index (χ1n) is 15.8. The minimum atomic E-state index is -4.66. The van der Waals surface area contributed by atoms with Gasteiger partial charge >= 0.3 is 5.76 Å². The van der Waals surface area contributed by atoms with Crippen molar-refractivity contribution in [3.8, 4) is 0 Å². The number of alkyl halides is 2. The van der Waals surface area contributed by atoms with Crippen molar-refractivity contribution in [1.82, 2.24) is 43.8 Å². The molecule has 0 amide bonds. The lowest BCUT2D eigenvalue weighted by Crippen LogP contribution is -2.29. The fraction of sp³-hybridized carbons (Fsp3) is 0.333. The van der Waals surface area contributed by atoms with Gasteiger partial charge in [-0.15, -0.1) is 0 Å². The Bertz CT molecular complexity index is 2220. The summed E-state index contributed by atoms with van der Waals surface area (Å²) in [5, 5.41) is 0. The number of fused-ring (bicyclic) bond motifs is 2. The predicted octanol–water partition coefficient (Wildman–Crippen LogP) is 4.49. The number of hydrogen-bond donors (Lipinski definition) is 2. The number of aromatic nitrogens is 8. The molecule has 0 spiro atoms. The van der Waals surface area contributed by atoms with Gasteiger partial charge in [-0.1, -0.05) is 13.8 Å². The van der Waals surface area contributed by atoms with Crippen LogP contribution in [-0.2, 0) is 50.0 Å². The molecule has 6 aromatic heterocycles. The lowest BCUT2D eigenvalue weighted by atomic mass is 10.1. The van der Waals surface area contributed by atoms with Crippen LogP contribution in [0.15, 0.2) is 61.7 Å². The highest BCUT2D eigenvalue weighted by molar-refractivity contribution is 7.89. The summed E-state index contributed by atoms with van der Waals surface area (Å²) in [5.41, 5.74) is 14.5. The average molecular weight is 707 g/mol. The fourth-order valence-electron chi connectivity index (χ4n) is 5.35. The molecule has 17 heteroatoms. The summed E-state index contributed by atoms with van der Waals surface area (Å²) in [7, 11) is 3.07. The average Bonchev–Trinajstić information content (AvgIpc) is 3.70. The molecule has 0 unspecified atom stereocenters. The molecule has 14 nitrogen and oxygen atoms in total. The second kappa shape index (κ2) is 15.2. The number of nitrogens with two attached hydrogens (primary N) is 1. The van der Waals surface area contributed by atoms with E-state index in [0.29, 0.717) is 24.5 Å². The van der Waals surface area contributed by atoms with E-state index in [-0.39, 0.29) is 6.54 Å². The molecule has 0 aliphatic rings. The Labute approximate surface area is 289 Å². The van der Waals surface area contributed by atoms with E-state index in [1.165, 1.54) is 5.56 Å². The van der Waals surface area contributed by atoms with E-state index in [2.05, 4.69) is 47.8 Å². The molecular weight excluding hydrogens is 667 g/mol. The molecule has 50 heavy (non-hydrogen) atoms. The quantitative estimate of drug-likeness (QED) is 0.195. The van der Waals surface area contributed by atoms with E-state index < -0.39 is 15.8 Å². The molecule has 0 aliphatic carbocycles. The maximum absolute atomic E-state index is 12.4. The Balaban J connectivity index is 0.000000200. The van der Waals surface area contributed by atoms with Crippen LogP contribution in [0, 0.1) is 0 Å². The van der Waals surface area contributed by atoms with Gasteiger partial charge in [-0.05, 0) is 36.1 Å². The number of nitrogens with zero attached hydrogens (tertiary/aromatic N) is 10. The SMILES string of the molecule is CCc1cc(CN)ncc1N(C)c1cc2c(cn1)ncn2C.CCc1cc(CNS(=O)(=O)C(F)F)ncc1N(C)c1cc2c(cn1)ncn2C. The number of hydrogen-bond acceptors (Lipinski definition) is 11. The molecule has 0 aliphatic heterocycles. The van der Waals surface area contributed by atoms with Crippen molar-refractivity contribution in [3.63, 3.8) is 0 Å². The second-order valence-electron chi connectivity index (χ2n) is 11.5. The Morgan fingerprint density at radius 1 is 0.740 bits per heavy atom. The molecule has 0 atom stereocenters. The number of nitrogens with one attached hydrogen (secondary N) is 1. The molecule has 6 aromatic rings.